The molecule has 0 saturated heterocycles. The van der Waals surface area contributed by atoms with Crippen LogP contribution in [-0.2, 0) is 6.18 Å². The predicted molar refractivity (Wildman–Crippen MR) is 44.1 cm³/mol. The van der Waals surface area contributed by atoms with Gasteiger partial charge in [0, 0.05) is 0 Å². The third kappa shape index (κ3) is 3.16. The number of carbonyl (C=O) groups is 1. The number of halogens is 6. The number of rotatable bonds is 1. The first-order valence-corrected chi connectivity index (χ1v) is 3.77. The summed E-state index contributed by atoms with van der Waals surface area (Å²) < 4.78 is 49.0. The zero-order chi connectivity index (χ0) is 10.9. The molecule has 0 aliphatic carbocycles. The molecule has 0 fully saturated rings. The van der Waals surface area contributed by atoms with E-state index in [0.29, 0.717) is 18.2 Å². The Labute approximate surface area is 86.0 Å². The van der Waals surface area contributed by atoms with Gasteiger partial charge in [0.25, 0.3) is 5.24 Å². The Kier molecular flexibility index (Phi) is 4.21. The molecule has 0 saturated carbocycles. The molecule has 0 spiro atoms. The molecule has 0 N–H and O–H groups in total. The van der Waals surface area contributed by atoms with Crippen LogP contribution < -0.4 is 0 Å². The van der Waals surface area contributed by atoms with E-state index in [1.165, 1.54) is 0 Å². The normalized spacial score (nSPS) is 10.7. The van der Waals surface area contributed by atoms with Gasteiger partial charge < -0.3 is 0 Å². The summed E-state index contributed by atoms with van der Waals surface area (Å²) in [5.74, 6) is -1.07. The maximum atomic E-state index is 12.7. The SMILES string of the molecule is F.O=C(Cl)c1cc(C(F)(F)F)ccc1F. The first-order chi connectivity index (χ1) is 6.32. The zero-order valence-corrected chi connectivity index (χ0v) is 7.69. The van der Waals surface area contributed by atoms with Crippen LogP contribution in [0.25, 0.3) is 0 Å². The summed E-state index contributed by atoms with van der Waals surface area (Å²) in [6, 6.07) is 1.47. The van der Waals surface area contributed by atoms with Crippen LogP contribution in [0.3, 0.4) is 0 Å². The highest BCUT2D eigenvalue weighted by Gasteiger charge is 2.31. The fourth-order valence-electron chi connectivity index (χ4n) is 0.852. The van der Waals surface area contributed by atoms with Crippen molar-refractivity contribution in [3.63, 3.8) is 0 Å². The quantitative estimate of drug-likeness (QED) is 0.548. The molecule has 1 aromatic rings. The van der Waals surface area contributed by atoms with E-state index in [0.717, 1.165) is 0 Å². The molecule has 7 heteroatoms. The van der Waals surface area contributed by atoms with E-state index >= 15 is 0 Å². The van der Waals surface area contributed by atoms with Gasteiger partial charge in [-0.2, -0.15) is 13.2 Å². The van der Waals surface area contributed by atoms with Gasteiger partial charge in [-0.05, 0) is 29.8 Å². The Hall–Kier alpha value is -1.17. The molecular formula is C8H4ClF5O. The monoisotopic (exact) mass is 246 g/mol. The molecule has 0 atom stereocenters. The molecule has 1 rings (SSSR count). The van der Waals surface area contributed by atoms with Gasteiger partial charge >= 0.3 is 6.18 Å². The molecule has 0 amide bonds. The fraction of sp³-hybridized carbons (Fsp3) is 0.125. The summed E-state index contributed by atoms with van der Waals surface area (Å²) in [4.78, 5) is 10.5. The van der Waals surface area contributed by atoms with Gasteiger partial charge in [0.05, 0.1) is 11.1 Å². The van der Waals surface area contributed by atoms with Crippen molar-refractivity contribution < 1.29 is 27.1 Å². The minimum atomic E-state index is -4.62. The Balaban J connectivity index is 0.00000196. The molecule has 84 valence electrons. The van der Waals surface area contributed by atoms with E-state index in [2.05, 4.69) is 0 Å². The van der Waals surface area contributed by atoms with Gasteiger partial charge in [0.1, 0.15) is 5.82 Å². The molecule has 15 heavy (non-hydrogen) atoms. The molecule has 0 radical (unpaired) electrons. The van der Waals surface area contributed by atoms with Crippen molar-refractivity contribution in [3.8, 4) is 0 Å². The molecular weight excluding hydrogens is 243 g/mol. The van der Waals surface area contributed by atoms with Crippen LogP contribution in [0, 0.1) is 5.82 Å². The van der Waals surface area contributed by atoms with Gasteiger partial charge in [-0.1, -0.05) is 0 Å². The minimum Gasteiger partial charge on any atom is -0.275 e. The number of hydrogen-bond donors (Lipinski definition) is 0. The average Bonchev–Trinajstić information content (AvgIpc) is 2.02. The van der Waals surface area contributed by atoms with Crippen molar-refractivity contribution >= 4 is 16.8 Å². The molecule has 0 aliphatic heterocycles. The highest BCUT2D eigenvalue weighted by Crippen LogP contribution is 2.30. The van der Waals surface area contributed by atoms with Crippen molar-refractivity contribution in [1.29, 1.82) is 0 Å². The van der Waals surface area contributed by atoms with E-state index < -0.39 is 28.4 Å². The smallest absolute Gasteiger partial charge is 0.275 e. The van der Waals surface area contributed by atoms with Gasteiger partial charge in [-0.15, -0.1) is 0 Å². The van der Waals surface area contributed by atoms with Gasteiger partial charge in [0.15, 0.2) is 0 Å². The number of carbonyl (C=O) groups excluding carboxylic acids is 1. The van der Waals surface area contributed by atoms with Crippen LogP contribution in [0.2, 0.25) is 0 Å². The van der Waals surface area contributed by atoms with E-state index in [4.69, 9.17) is 11.6 Å². The molecule has 0 bridgehead atoms. The largest absolute Gasteiger partial charge is 0.416 e. The molecule has 0 heterocycles. The van der Waals surface area contributed by atoms with Crippen LogP contribution in [-0.4, -0.2) is 5.24 Å². The summed E-state index contributed by atoms with van der Waals surface area (Å²) >= 11 is 4.88. The standard InChI is InChI=1S/C8H3ClF4O.FH/c9-7(14)5-3-4(8(11,12)13)1-2-6(5)10;/h1-3H;1H. The second-order valence-electron chi connectivity index (χ2n) is 2.47. The topological polar surface area (TPSA) is 17.1 Å². The number of hydrogen-bond acceptors (Lipinski definition) is 1. The lowest BCUT2D eigenvalue weighted by molar-refractivity contribution is -0.137. The maximum absolute atomic E-state index is 12.7. The van der Waals surface area contributed by atoms with Crippen molar-refractivity contribution in [1.82, 2.24) is 0 Å². The van der Waals surface area contributed by atoms with Crippen molar-refractivity contribution in [2.75, 3.05) is 0 Å². The van der Waals surface area contributed by atoms with Crippen LogP contribution in [0.1, 0.15) is 15.9 Å². The van der Waals surface area contributed by atoms with E-state index in [1.54, 1.807) is 0 Å². The summed E-state index contributed by atoms with van der Waals surface area (Å²) in [5, 5.41) is -1.26. The minimum absolute atomic E-state index is 0. The molecule has 1 aromatic carbocycles. The lowest BCUT2D eigenvalue weighted by atomic mass is 10.1. The van der Waals surface area contributed by atoms with Crippen LogP contribution in [0.5, 0.6) is 0 Å². The fourth-order valence-corrected chi connectivity index (χ4v) is 0.997. The molecule has 0 unspecified atom stereocenters. The number of benzene rings is 1. The van der Waals surface area contributed by atoms with Crippen molar-refractivity contribution in [2.45, 2.75) is 6.18 Å². The predicted octanol–water partition coefficient (Wildman–Crippen LogP) is 3.38. The third-order valence-electron chi connectivity index (χ3n) is 1.51. The van der Waals surface area contributed by atoms with Crippen LogP contribution in [0.15, 0.2) is 18.2 Å². The Morgan fingerprint density at radius 1 is 1.27 bits per heavy atom. The molecule has 0 aromatic heterocycles. The van der Waals surface area contributed by atoms with Crippen LogP contribution >= 0.6 is 11.6 Å². The van der Waals surface area contributed by atoms with Gasteiger partial charge in [-0.25, -0.2) is 4.39 Å². The number of alkyl halides is 3. The van der Waals surface area contributed by atoms with E-state index in [-0.39, 0.29) is 4.70 Å². The zero-order valence-electron chi connectivity index (χ0n) is 6.94. The second-order valence-corrected chi connectivity index (χ2v) is 2.81. The Morgan fingerprint density at radius 3 is 2.20 bits per heavy atom. The maximum Gasteiger partial charge on any atom is 0.416 e. The lowest BCUT2D eigenvalue weighted by Gasteiger charge is -2.07. The second kappa shape index (κ2) is 4.57. The van der Waals surface area contributed by atoms with Crippen LogP contribution in [0.4, 0.5) is 22.3 Å². The lowest BCUT2D eigenvalue weighted by Crippen LogP contribution is -2.07. The highest BCUT2D eigenvalue weighted by molar-refractivity contribution is 6.67. The third-order valence-corrected chi connectivity index (χ3v) is 1.71. The average molecular weight is 247 g/mol. The van der Waals surface area contributed by atoms with E-state index in [1.807, 2.05) is 0 Å². The summed E-state index contributed by atoms with van der Waals surface area (Å²) in [6.45, 7) is 0. The molecule has 1 nitrogen and oxygen atoms in total. The molecule has 0 aliphatic rings. The Bertz CT molecular complexity index is 374. The van der Waals surface area contributed by atoms with E-state index in [9.17, 15) is 22.4 Å². The Morgan fingerprint density at radius 2 is 1.80 bits per heavy atom. The highest BCUT2D eigenvalue weighted by atomic mass is 35.5. The van der Waals surface area contributed by atoms with Gasteiger partial charge in [-0.3, -0.25) is 9.50 Å². The van der Waals surface area contributed by atoms with Crippen molar-refractivity contribution in [2.24, 2.45) is 0 Å². The summed E-state index contributed by atoms with van der Waals surface area (Å²) in [6.07, 6.45) is -4.62. The first-order valence-electron chi connectivity index (χ1n) is 3.39. The first kappa shape index (κ1) is 13.8. The van der Waals surface area contributed by atoms with Crippen molar-refractivity contribution in [3.05, 3.63) is 35.1 Å². The summed E-state index contributed by atoms with van der Waals surface area (Å²) in [7, 11) is 0. The van der Waals surface area contributed by atoms with Gasteiger partial charge in [0.2, 0.25) is 0 Å². The summed E-state index contributed by atoms with van der Waals surface area (Å²) in [5.41, 5.74) is -1.88.